The molecule has 1 heterocycles. The topological polar surface area (TPSA) is 55.8 Å². The maximum Gasteiger partial charge on any atom is 0.325 e. The predicted octanol–water partition coefficient (Wildman–Crippen LogP) is 3.78. The molecule has 1 amide bonds. The molecule has 1 aliphatic rings. The molecular weight excluding hydrogens is 401 g/mol. The summed E-state index contributed by atoms with van der Waals surface area (Å²) in [5.41, 5.74) is 1.37. The molecular formula is C20H16FNO4S2. The molecule has 0 aromatic heterocycles. The van der Waals surface area contributed by atoms with Crippen molar-refractivity contribution in [3.8, 4) is 5.75 Å². The van der Waals surface area contributed by atoms with Gasteiger partial charge in [-0.05, 0) is 29.8 Å². The summed E-state index contributed by atoms with van der Waals surface area (Å²) in [4.78, 5) is 25.6. The van der Waals surface area contributed by atoms with Crippen LogP contribution in [0, 0.1) is 5.82 Å². The molecule has 1 saturated heterocycles. The Kier molecular flexibility index (Phi) is 6.43. The molecule has 0 radical (unpaired) electrons. The number of benzene rings is 2. The highest BCUT2D eigenvalue weighted by Crippen LogP contribution is 2.34. The van der Waals surface area contributed by atoms with Gasteiger partial charge in [0.05, 0.1) is 12.0 Å². The summed E-state index contributed by atoms with van der Waals surface area (Å²) in [5, 5.41) is 0. The summed E-state index contributed by atoms with van der Waals surface area (Å²) in [6, 6.07) is 13.3. The number of thiocarbonyl (C=S) groups is 1. The lowest BCUT2D eigenvalue weighted by Crippen LogP contribution is -2.33. The van der Waals surface area contributed by atoms with E-state index in [0.717, 1.165) is 11.8 Å². The number of amides is 1. The molecule has 0 N–H and O–H groups in total. The van der Waals surface area contributed by atoms with E-state index < -0.39 is 5.97 Å². The fourth-order valence-electron chi connectivity index (χ4n) is 2.49. The van der Waals surface area contributed by atoms with E-state index in [4.69, 9.17) is 17.0 Å². The van der Waals surface area contributed by atoms with Crippen molar-refractivity contribution in [1.82, 2.24) is 4.90 Å². The van der Waals surface area contributed by atoms with Crippen molar-refractivity contribution in [3.63, 3.8) is 0 Å². The Labute approximate surface area is 171 Å². The molecule has 2 aromatic carbocycles. The monoisotopic (exact) mass is 417 g/mol. The number of halogens is 1. The number of carbonyl (C=O) groups is 2. The van der Waals surface area contributed by atoms with Gasteiger partial charge in [0.2, 0.25) is 0 Å². The summed E-state index contributed by atoms with van der Waals surface area (Å²) in [7, 11) is 1.25. The van der Waals surface area contributed by atoms with Gasteiger partial charge < -0.3 is 9.47 Å². The third kappa shape index (κ3) is 4.76. The number of nitrogens with zero attached hydrogens (tertiary/aromatic N) is 1. The average molecular weight is 417 g/mol. The van der Waals surface area contributed by atoms with E-state index in [1.807, 2.05) is 6.07 Å². The zero-order valence-electron chi connectivity index (χ0n) is 14.9. The van der Waals surface area contributed by atoms with Gasteiger partial charge in [0.15, 0.2) is 0 Å². The summed E-state index contributed by atoms with van der Waals surface area (Å²) in [6.45, 7) is -0.0395. The Balaban J connectivity index is 1.78. The molecule has 0 saturated carbocycles. The van der Waals surface area contributed by atoms with Crippen LogP contribution < -0.4 is 4.74 Å². The Morgan fingerprint density at radius 2 is 2.04 bits per heavy atom. The first-order valence-corrected chi connectivity index (χ1v) is 9.49. The minimum absolute atomic E-state index is 0.186. The SMILES string of the molecule is COC(=O)CN1C(=O)/C(=C/c2ccccc2OCc2cccc(F)c2)SC1=S. The predicted molar refractivity (Wildman–Crippen MR) is 109 cm³/mol. The van der Waals surface area contributed by atoms with E-state index in [-0.39, 0.29) is 24.9 Å². The first-order chi connectivity index (χ1) is 13.5. The van der Waals surface area contributed by atoms with Crippen molar-refractivity contribution in [2.75, 3.05) is 13.7 Å². The van der Waals surface area contributed by atoms with E-state index in [9.17, 15) is 14.0 Å². The standard InChI is InChI=1S/C20H16FNO4S2/c1-25-18(23)11-22-19(24)17(28-20(22)27)10-14-6-2-3-8-16(14)26-12-13-5-4-7-15(21)9-13/h2-10H,11-12H2,1H3/b17-10-. The lowest BCUT2D eigenvalue weighted by atomic mass is 10.1. The summed E-state index contributed by atoms with van der Waals surface area (Å²) in [5.74, 6) is -0.689. The molecule has 0 bridgehead atoms. The number of rotatable bonds is 6. The smallest absolute Gasteiger partial charge is 0.325 e. The van der Waals surface area contributed by atoms with E-state index in [0.29, 0.717) is 26.1 Å². The molecule has 0 atom stereocenters. The Morgan fingerprint density at radius 3 is 2.79 bits per heavy atom. The molecule has 0 aliphatic carbocycles. The lowest BCUT2D eigenvalue weighted by Gasteiger charge is -2.12. The molecule has 2 aromatic rings. The number of methoxy groups -OCH3 is 1. The fourth-order valence-corrected chi connectivity index (χ4v) is 3.74. The van der Waals surface area contributed by atoms with Gasteiger partial charge in [-0.15, -0.1) is 0 Å². The number of thioether (sulfide) groups is 1. The molecule has 1 aliphatic heterocycles. The second-order valence-corrected chi connectivity index (χ2v) is 7.48. The highest BCUT2D eigenvalue weighted by atomic mass is 32.2. The Morgan fingerprint density at radius 1 is 1.25 bits per heavy atom. The van der Waals surface area contributed by atoms with E-state index in [1.165, 1.54) is 24.1 Å². The highest BCUT2D eigenvalue weighted by Gasteiger charge is 2.33. The molecule has 28 heavy (non-hydrogen) atoms. The number of esters is 1. The minimum Gasteiger partial charge on any atom is -0.488 e. The first kappa shape index (κ1) is 20.0. The van der Waals surface area contributed by atoms with Crippen LogP contribution in [0.25, 0.3) is 6.08 Å². The van der Waals surface area contributed by atoms with E-state index >= 15 is 0 Å². The summed E-state index contributed by atoms with van der Waals surface area (Å²) < 4.78 is 24.0. The van der Waals surface area contributed by atoms with Crippen LogP contribution >= 0.6 is 24.0 Å². The van der Waals surface area contributed by atoms with Crippen LogP contribution in [0.3, 0.4) is 0 Å². The summed E-state index contributed by atoms with van der Waals surface area (Å²) in [6.07, 6.45) is 1.66. The molecule has 5 nitrogen and oxygen atoms in total. The quantitative estimate of drug-likeness (QED) is 0.405. The normalized spacial score (nSPS) is 15.2. The van der Waals surface area contributed by atoms with Crippen molar-refractivity contribution in [3.05, 3.63) is 70.4 Å². The third-order valence-corrected chi connectivity index (χ3v) is 5.26. The molecule has 144 valence electrons. The lowest BCUT2D eigenvalue weighted by molar-refractivity contribution is -0.143. The van der Waals surface area contributed by atoms with Crippen molar-refractivity contribution >= 4 is 46.3 Å². The van der Waals surface area contributed by atoms with Crippen LogP contribution in [-0.2, 0) is 20.9 Å². The maximum absolute atomic E-state index is 13.3. The first-order valence-electron chi connectivity index (χ1n) is 8.26. The van der Waals surface area contributed by atoms with Crippen molar-refractivity contribution in [2.45, 2.75) is 6.61 Å². The molecule has 3 rings (SSSR count). The van der Waals surface area contributed by atoms with Gasteiger partial charge in [0, 0.05) is 5.56 Å². The second kappa shape index (κ2) is 8.99. The third-order valence-electron chi connectivity index (χ3n) is 3.88. The van der Waals surface area contributed by atoms with Crippen LogP contribution in [0.2, 0.25) is 0 Å². The number of hydrogen-bond acceptors (Lipinski definition) is 6. The van der Waals surface area contributed by atoms with Crippen LogP contribution in [0.1, 0.15) is 11.1 Å². The molecule has 0 unspecified atom stereocenters. The number of hydrogen-bond donors (Lipinski definition) is 0. The van der Waals surface area contributed by atoms with Gasteiger partial charge in [0.25, 0.3) is 5.91 Å². The van der Waals surface area contributed by atoms with Gasteiger partial charge in [-0.25, -0.2) is 4.39 Å². The number of ether oxygens (including phenoxy) is 2. The Bertz CT molecular complexity index is 961. The maximum atomic E-state index is 13.3. The van der Waals surface area contributed by atoms with Gasteiger partial charge in [-0.1, -0.05) is 54.3 Å². The Hall–Kier alpha value is -2.71. The molecule has 1 fully saturated rings. The minimum atomic E-state index is -0.545. The number of para-hydroxylation sites is 1. The van der Waals surface area contributed by atoms with Gasteiger partial charge >= 0.3 is 5.97 Å². The van der Waals surface area contributed by atoms with Gasteiger partial charge in [0.1, 0.15) is 29.0 Å². The fraction of sp³-hybridized carbons (Fsp3) is 0.150. The van der Waals surface area contributed by atoms with Gasteiger partial charge in [-0.2, -0.15) is 0 Å². The summed E-state index contributed by atoms with van der Waals surface area (Å²) >= 11 is 6.30. The highest BCUT2D eigenvalue weighted by molar-refractivity contribution is 8.26. The van der Waals surface area contributed by atoms with Crippen molar-refractivity contribution in [2.24, 2.45) is 0 Å². The largest absolute Gasteiger partial charge is 0.488 e. The van der Waals surface area contributed by atoms with Crippen LogP contribution in [0.15, 0.2) is 53.4 Å². The average Bonchev–Trinajstić information content (AvgIpc) is 2.94. The zero-order valence-corrected chi connectivity index (χ0v) is 16.5. The van der Waals surface area contributed by atoms with Gasteiger partial charge in [-0.3, -0.25) is 14.5 Å². The van der Waals surface area contributed by atoms with Crippen molar-refractivity contribution < 1.29 is 23.5 Å². The zero-order chi connectivity index (χ0) is 20.1. The second-order valence-electron chi connectivity index (χ2n) is 5.80. The molecule has 0 spiro atoms. The van der Waals surface area contributed by atoms with Crippen molar-refractivity contribution in [1.29, 1.82) is 0 Å². The van der Waals surface area contributed by atoms with E-state index in [1.54, 1.807) is 36.4 Å². The van der Waals surface area contributed by atoms with Crippen LogP contribution in [0.5, 0.6) is 5.75 Å². The van der Waals surface area contributed by atoms with Crippen LogP contribution in [-0.4, -0.2) is 34.8 Å². The van der Waals surface area contributed by atoms with E-state index in [2.05, 4.69) is 4.74 Å². The number of carbonyl (C=O) groups excluding carboxylic acids is 2. The van der Waals surface area contributed by atoms with Crippen LogP contribution in [0.4, 0.5) is 4.39 Å². The molecule has 8 heteroatoms.